The summed E-state index contributed by atoms with van der Waals surface area (Å²) in [6.45, 7) is 5.71. The topological polar surface area (TPSA) is 144 Å². The standard InChI is InChI=1S/C17H25N5O6/c1-16(2)26-6-9(28-16)4-18-13-11-14(20-7-19-13)22(8-21-11)15-17(3,25)12(24)10(5-23)27-15/h7-10,12,15,23-25H,4-6H2,1-3H3,(H,18,19,20)/t9?,10-,12-,15?,17-/m1/s1. The fourth-order valence-corrected chi connectivity index (χ4v) is 3.62. The maximum absolute atomic E-state index is 10.7. The summed E-state index contributed by atoms with van der Waals surface area (Å²) in [6, 6.07) is 0. The third-order valence-corrected chi connectivity index (χ3v) is 5.11. The molecule has 11 heteroatoms. The lowest BCUT2D eigenvalue weighted by Gasteiger charge is -2.27. The Morgan fingerprint density at radius 3 is 2.71 bits per heavy atom. The van der Waals surface area contributed by atoms with Crippen LogP contribution in [0.2, 0.25) is 0 Å². The lowest BCUT2D eigenvalue weighted by molar-refractivity contribution is -0.136. The van der Waals surface area contributed by atoms with Crippen LogP contribution >= 0.6 is 0 Å². The number of nitrogens with one attached hydrogen (secondary N) is 1. The average molecular weight is 395 g/mol. The Morgan fingerprint density at radius 1 is 1.29 bits per heavy atom. The highest BCUT2D eigenvalue weighted by atomic mass is 16.7. The van der Waals surface area contributed by atoms with Crippen molar-refractivity contribution in [2.45, 2.75) is 56.7 Å². The molecule has 4 N–H and O–H groups in total. The molecule has 28 heavy (non-hydrogen) atoms. The number of ether oxygens (including phenoxy) is 3. The molecule has 0 bridgehead atoms. The first-order valence-electron chi connectivity index (χ1n) is 9.13. The summed E-state index contributed by atoms with van der Waals surface area (Å²) >= 11 is 0. The van der Waals surface area contributed by atoms with E-state index in [0.717, 1.165) is 0 Å². The highest BCUT2D eigenvalue weighted by Gasteiger charge is 2.53. The van der Waals surface area contributed by atoms with Crippen molar-refractivity contribution in [3.8, 4) is 0 Å². The molecule has 2 saturated heterocycles. The minimum absolute atomic E-state index is 0.124. The predicted octanol–water partition coefficient (Wildman–Crippen LogP) is -0.609. The van der Waals surface area contributed by atoms with Crippen LogP contribution in [0, 0.1) is 0 Å². The maximum atomic E-state index is 10.7. The van der Waals surface area contributed by atoms with Crippen molar-refractivity contribution in [1.29, 1.82) is 0 Å². The van der Waals surface area contributed by atoms with Crippen molar-refractivity contribution >= 4 is 17.0 Å². The van der Waals surface area contributed by atoms with Crippen LogP contribution in [0.4, 0.5) is 5.82 Å². The van der Waals surface area contributed by atoms with Gasteiger partial charge in [-0.05, 0) is 20.8 Å². The van der Waals surface area contributed by atoms with Gasteiger partial charge in [0.05, 0.1) is 19.5 Å². The van der Waals surface area contributed by atoms with E-state index in [1.165, 1.54) is 24.1 Å². The van der Waals surface area contributed by atoms with Gasteiger partial charge in [0.1, 0.15) is 30.2 Å². The van der Waals surface area contributed by atoms with Crippen LogP contribution in [0.15, 0.2) is 12.7 Å². The van der Waals surface area contributed by atoms with Crippen molar-refractivity contribution in [3.05, 3.63) is 12.7 Å². The number of nitrogens with zero attached hydrogens (tertiary/aromatic N) is 4. The lowest BCUT2D eigenvalue weighted by Crippen LogP contribution is -2.44. The van der Waals surface area contributed by atoms with Gasteiger partial charge < -0.3 is 34.8 Å². The summed E-state index contributed by atoms with van der Waals surface area (Å²) in [6.07, 6.45) is -0.389. The monoisotopic (exact) mass is 395 g/mol. The average Bonchev–Trinajstić information content (AvgIpc) is 3.29. The number of aliphatic hydroxyl groups excluding tert-OH is 2. The van der Waals surface area contributed by atoms with Gasteiger partial charge >= 0.3 is 0 Å². The van der Waals surface area contributed by atoms with Gasteiger partial charge in [-0.25, -0.2) is 15.0 Å². The van der Waals surface area contributed by atoms with Gasteiger partial charge in [0, 0.05) is 6.54 Å². The molecule has 0 amide bonds. The minimum Gasteiger partial charge on any atom is -0.394 e. The predicted molar refractivity (Wildman–Crippen MR) is 96.3 cm³/mol. The molecule has 2 aromatic rings. The molecule has 0 aliphatic carbocycles. The Bertz CT molecular complexity index is 856. The molecular weight excluding hydrogens is 370 g/mol. The van der Waals surface area contributed by atoms with E-state index in [9.17, 15) is 15.3 Å². The van der Waals surface area contributed by atoms with Crippen molar-refractivity contribution in [1.82, 2.24) is 19.5 Å². The van der Waals surface area contributed by atoms with Gasteiger partial charge in [-0.15, -0.1) is 0 Å². The van der Waals surface area contributed by atoms with E-state index in [-0.39, 0.29) is 6.10 Å². The normalized spacial score (nSPS) is 34.9. The van der Waals surface area contributed by atoms with E-state index in [1.807, 2.05) is 13.8 Å². The van der Waals surface area contributed by atoms with Gasteiger partial charge in [0.2, 0.25) is 0 Å². The molecule has 4 heterocycles. The van der Waals surface area contributed by atoms with E-state index >= 15 is 0 Å². The number of aromatic nitrogens is 4. The van der Waals surface area contributed by atoms with Gasteiger partial charge in [-0.3, -0.25) is 4.57 Å². The summed E-state index contributed by atoms with van der Waals surface area (Å²) in [5.74, 6) is -0.0985. The van der Waals surface area contributed by atoms with Crippen molar-refractivity contribution in [3.63, 3.8) is 0 Å². The Labute approximate surface area is 161 Å². The highest BCUT2D eigenvalue weighted by Crippen LogP contribution is 2.39. The first-order chi connectivity index (χ1) is 13.2. The van der Waals surface area contributed by atoms with Crippen LogP contribution < -0.4 is 5.32 Å². The van der Waals surface area contributed by atoms with Gasteiger partial charge in [-0.1, -0.05) is 0 Å². The molecule has 4 rings (SSSR count). The summed E-state index contributed by atoms with van der Waals surface area (Å²) in [4.78, 5) is 12.8. The minimum atomic E-state index is -1.62. The molecule has 5 atom stereocenters. The highest BCUT2D eigenvalue weighted by molar-refractivity contribution is 5.82. The lowest BCUT2D eigenvalue weighted by atomic mass is 9.96. The van der Waals surface area contributed by atoms with Crippen LogP contribution in [0.25, 0.3) is 11.2 Å². The number of fused-ring (bicyclic) bond motifs is 1. The molecule has 0 saturated carbocycles. The van der Waals surface area contributed by atoms with Crippen LogP contribution in [0.1, 0.15) is 27.0 Å². The van der Waals surface area contributed by atoms with E-state index in [0.29, 0.717) is 30.1 Å². The molecule has 11 nitrogen and oxygen atoms in total. The SMILES string of the molecule is CC1(C)OCC(CNc2ncnc3c2ncn3C2O[C@H](CO)[C@@H](O)[C@@]2(C)O)O1. The van der Waals surface area contributed by atoms with Crippen LogP contribution in [-0.2, 0) is 14.2 Å². The van der Waals surface area contributed by atoms with Crippen LogP contribution in [0.5, 0.6) is 0 Å². The number of hydrogen-bond acceptors (Lipinski definition) is 10. The Hall–Kier alpha value is -1.89. The zero-order valence-corrected chi connectivity index (χ0v) is 15.9. The summed E-state index contributed by atoms with van der Waals surface area (Å²) in [5, 5.41) is 33.5. The van der Waals surface area contributed by atoms with Crippen LogP contribution in [0.3, 0.4) is 0 Å². The van der Waals surface area contributed by atoms with Gasteiger partial charge in [0.25, 0.3) is 0 Å². The van der Waals surface area contributed by atoms with Crippen LogP contribution in [-0.4, -0.2) is 84.3 Å². The second kappa shape index (κ2) is 6.87. The first-order valence-corrected chi connectivity index (χ1v) is 9.13. The first kappa shape index (κ1) is 19.4. The van der Waals surface area contributed by atoms with E-state index in [4.69, 9.17) is 14.2 Å². The van der Waals surface area contributed by atoms with E-state index in [2.05, 4.69) is 20.3 Å². The molecule has 154 valence electrons. The van der Waals surface area contributed by atoms with Gasteiger partial charge in [0.15, 0.2) is 29.0 Å². The zero-order chi connectivity index (χ0) is 20.1. The third kappa shape index (κ3) is 3.23. The van der Waals surface area contributed by atoms with Crippen molar-refractivity contribution in [2.24, 2.45) is 0 Å². The Morgan fingerprint density at radius 2 is 2.07 bits per heavy atom. The molecule has 0 radical (unpaired) electrons. The molecule has 0 aromatic carbocycles. The summed E-state index contributed by atoms with van der Waals surface area (Å²) in [7, 11) is 0. The Kier molecular flexibility index (Phi) is 4.76. The summed E-state index contributed by atoms with van der Waals surface area (Å²) < 4.78 is 18.5. The van der Waals surface area contributed by atoms with E-state index in [1.54, 1.807) is 0 Å². The number of anilines is 1. The van der Waals surface area contributed by atoms with Crippen molar-refractivity contribution < 1.29 is 29.5 Å². The van der Waals surface area contributed by atoms with Gasteiger partial charge in [-0.2, -0.15) is 0 Å². The maximum Gasteiger partial charge on any atom is 0.168 e. The van der Waals surface area contributed by atoms with Crippen molar-refractivity contribution in [2.75, 3.05) is 25.1 Å². The zero-order valence-electron chi connectivity index (χ0n) is 15.9. The number of imidazole rings is 1. The molecule has 2 aliphatic heterocycles. The quantitative estimate of drug-likeness (QED) is 0.517. The molecule has 2 fully saturated rings. The number of hydrogen-bond donors (Lipinski definition) is 4. The molecule has 2 unspecified atom stereocenters. The number of rotatable bonds is 5. The molecular formula is C17H25N5O6. The largest absolute Gasteiger partial charge is 0.394 e. The second-order valence-electron chi connectivity index (χ2n) is 7.76. The molecule has 2 aromatic heterocycles. The fraction of sp³-hybridized carbons (Fsp3) is 0.706. The van der Waals surface area contributed by atoms with E-state index < -0.39 is 36.4 Å². The fourth-order valence-electron chi connectivity index (χ4n) is 3.62. The Balaban J connectivity index is 1.57. The number of aliphatic hydroxyl groups is 3. The third-order valence-electron chi connectivity index (χ3n) is 5.11. The second-order valence-corrected chi connectivity index (χ2v) is 7.76. The molecule has 0 spiro atoms. The summed E-state index contributed by atoms with van der Waals surface area (Å²) in [5.41, 5.74) is -0.709. The smallest absolute Gasteiger partial charge is 0.168 e. The molecule has 2 aliphatic rings.